The van der Waals surface area contributed by atoms with Gasteiger partial charge < -0.3 is 9.64 Å². The predicted molar refractivity (Wildman–Crippen MR) is 98.3 cm³/mol. The van der Waals surface area contributed by atoms with E-state index in [9.17, 15) is 9.59 Å². The van der Waals surface area contributed by atoms with Crippen LogP contribution in [0.3, 0.4) is 0 Å². The molecular formula is C20H16N2O3S. The van der Waals surface area contributed by atoms with Gasteiger partial charge in [0.15, 0.2) is 10.6 Å². The van der Waals surface area contributed by atoms with Gasteiger partial charge in [-0.05, 0) is 31.0 Å². The lowest BCUT2D eigenvalue weighted by molar-refractivity contribution is -0.0442. The quantitative estimate of drug-likeness (QED) is 0.619. The van der Waals surface area contributed by atoms with E-state index in [0.29, 0.717) is 23.7 Å². The van der Waals surface area contributed by atoms with Gasteiger partial charge in [0.1, 0.15) is 0 Å². The molecule has 2 aliphatic heterocycles. The Morgan fingerprint density at radius 3 is 2.85 bits per heavy atom. The van der Waals surface area contributed by atoms with Crippen molar-refractivity contribution in [2.75, 3.05) is 13.1 Å². The third-order valence-electron chi connectivity index (χ3n) is 5.14. The minimum absolute atomic E-state index is 0.0919. The molecule has 0 unspecified atom stereocenters. The number of piperidine rings is 1. The average molecular weight is 364 g/mol. The van der Waals surface area contributed by atoms with Gasteiger partial charge in [0.05, 0.1) is 22.3 Å². The SMILES string of the molecule is O=C1O[C@@]2(CCCN(C(=O)c3nc4ccccc4s3)C2)c2ccccc21. The molecule has 6 heteroatoms. The Kier molecular flexibility index (Phi) is 3.37. The number of carbonyl (C=O) groups excluding carboxylic acids is 2. The number of aromatic nitrogens is 1. The molecule has 0 saturated carbocycles. The Hall–Kier alpha value is -2.73. The van der Waals surface area contributed by atoms with Crippen LogP contribution in [0, 0.1) is 0 Å². The van der Waals surface area contributed by atoms with E-state index in [0.717, 1.165) is 28.6 Å². The summed E-state index contributed by atoms with van der Waals surface area (Å²) >= 11 is 1.41. The van der Waals surface area contributed by atoms with E-state index < -0.39 is 5.60 Å². The fourth-order valence-corrected chi connectivity index (χ4v) is 4.88. The van der Waals surface area contributed by atoms with Crippen LogP contribution in [-0.2, 0) is 10.3 Å². The molecule has 1 atom stereocenters. The van der Waals surface area contributed by atoms with Crippen LogP contribution in [0.2, 0.25) is 0 Å². The molecule has 1 amide bonds. The molecule has 5 nitrogen and oxygen atoms in total. The van der Waals surface area contributed by atoms with Gasteiger partial charge in [-0.25, -0.2) is 9.78 Å². The molecule has 0 radical (unpaired) electrons. The van der Waals surface area contributed by atoms with E-state index in [1.54, 1.807) is 11.0 Å². The van der Waals surface area contributed by atoms with Gasteiger partial charge in [-0.2, -0.15) is 0 Å². The van der Waals surface area contributed by atoms with Gasteiger partial charge >= 0.3 is 5.97 Å². The van der Waals surface area contributed by atoms with Crippen LogP contribution in [0.25, 0.3) is 10.2 Å². The Labute approximate surface area is 154 Å². The maximum absolute atomic E-state index is 13.0. The first-order valence-corrected chi connectivity index (χ1v) is 9.46. The normalized spacial score (nSPS) is 21.8. The Morgan fingerprint density at radius 2 is 1.96 bits per heavy atom. The van der Waals surface area contributed by atoms with Crippen molar-refractivity contribution in [3.8, 4) is 0 Å². The van der Waals surface area contributed by atoms with E-state index in [-0.39, 0.29) is 11.9 Å². The van der Waals surface area contributed by atoms with Gasteiger partial charge in [-0.3, -0.25) is 4.79 Å². The first-order chi connectivity index (χ1) is 12.7. The van der Waals surface area contributed by atoms with Crippen molar-refractivity contribution in [3.63, 3.8) is 0 Å². The molecule has 130 valence electrons. The maximum atomic E-state index is 13.0. The number of likely N-dealkylation sites (tertiary alicyclic amines) is 1. The smallest absolute Gasteiger partial charge is 0.339 e. The summed E-state index contributed by atoms with van der Waals surface area (Å²) in [6, 6.07) is 15.2. The maximum Gasteiger partial charge on any atom is 0.339 e. The van der Waals surface area contributed by atoms with Gasteiger partial charge in [-0.15, -0.1) is 11.3 Å². The second kappa shape index (κ2) is 5.64. The Bertz CT molecular complexity index is 1010. The molecule has 0 bridgehead atoms. The summed E-state index contributed by atoms with van der Waals surface area (Å²) in [5.74, 6) is -0.388. The third kappa shape index (κ3) is 2.25. The highest BCUT2D eigenvalue weighted by Gasteiger charge is 2.49. The van der Waals surface area contributed by atoms with Crippen molar-refractivity contribution in [1.82, 2.24) is 9.88 Å². The fraction of sp³-hybridized carbons (Fsp3) is 0.250. The number of rotatable bonds is 1. The second-order valence-electron chi connectivity index (χ2n) is 6.75. The first-order valence-electron chi connectivity index (χ1n) is 8.64. The Morgan fingerprint density at radius 1 is 1.15 bits per heavy atom. The molecule has 3 heterocycles. The van der Waals surface area contributed by atoms with Crippen molar-refractivity contribution in [2.24, 2.45) is 0 Å². The molecule has 26 heavy (non-hydrogen) atoms. The lowest BCUT2D eigenvalue weighted by Crippen LogP contribution is -2.48. The molecule has 3 aromatic rings. The van der Waals surface area contributed by atoms with Gasteiger partial charge in [0.2, 0.25) is 0 Å². The second-order valence-corrected chi connectivity index (χ2v) is 7.78. The highest BCUT2D eigenvalue weighted by molar-refractivity contribution is 7.20. The molecule has 2 aliphatic rings. The lowest BCUT2D eigenvalue weighted by Gasteiger charge is -2.39. The molecular weight excluding hydrogens is 348 g/mol. The number of benzene rings is 2. The minimum Gasteiger partial charge on any atom is -0.449 e. The van der Waals surface area contributed by atoms with Crippen LogP contribution < -0.4 is 0 Å². The highest BCUT2D eigenvalue weighted by Crippen LogP contribution is 2.43. The summed E-state index contributed by atoms with van der Waals surface area (Å²) in [5, 5.41) is 0.487. The molecule has 1 spiro atoms. The number of ether oxygens (including phenoxy) is 1. The fourth-order valence-electron chi connectivity index (χ4n) is 3.94. The number of nitrogens with zero attached hydrogens (tertiary/aromatic N) is 2. The van der Waals surface area contributed by atoms with E-state index in [1.807, 2.05) is 42.5 Å². The summed E-state index contributed by atoms with van der Waals surface area (Å²) in [6.07, 6.45) is 1.53. The van der Waals surface area contributed by atoms with Crippen molar-refractivity contribution in [1.29, 1.82) is 0 Å². The molecule has 0 N–H and O–H groups in total. The topological polar surface area (TPSA) is 59.5 Å². The summed E-state index contributed by atoms with van der Waals surface area (Å²) in [7, 11) is 0. The zero-order valence-electron chi connectivity index (χ0n) is 14.0. The van der Waals surface area contributed by atoms with Gasteiger partial charge in [0, 0.05) is 12.1 Å². The van der Waals surface area contributed by atoms with Crippen molar-refractivity contribution < 1.29 is 14.3 Å². The van der Waals surface area contributed by atoms with E-state index in [2.05, 4.69) is 4.98 Å². The standard InChI is InChI=1S/C20H16N2O3S/c23-18(17-21-15-8-3-4-9-16(15)26-17)22-11-5-10-20(12-22)14-7-2-1-6-13(14)19(24)25-20/h1-4,6-9H,5,10-12H2/t20-/m1/s1. The summed E-state index contributed by atoms with van der Waals surface area (Å²) in [6.45, 7) is 1.03. The predicted octanol–water partition coefficient (Wildman–Crippen LogP) is 3.60. The minimum atomic E-state index is -0.724. The molecule has 5 rings (SSSR count). The van der Waals surface area contributed by atoms with Gasteiger partial charge in [0.25, 0.3) is 5.91 Å². The Balaban J connectivity index is 1.48. The van der Waals surface area contributed by atoms with Crippen molar-refractivity contribution in [3.05, 3.63) is 64.7 Å². The third-order valence-corrected chi connectivity index (χ3v) is 6.17. The summed E-state index contributed by atoms with van der Waals surface area (Å²) in [4.78, 5) is 31.6. The number of para-hydroxylation sites is 1. The zero-order chi connectivity index (χ0) is 17.7. The molecule has 2 aromatic carbocycles. The van der Waals surface area contributed by atoms with Crippen molar-refractivity contribution in [2.45, 2.75) is 18.4 Å². The lowest BCUT2D eigenvalue weighted by atomic mass is 9.85. The van der Waals surface area contributed by atoms with Crippen LogP contribution in [0.5, 0.6) is 0 Å². The van der Waals surface area contributed by atoms with E-state index in [1.165, 1.54) is 11.3 Å². The molecule has 1 aromatic heterocycles. The number of amides is 1. The summed E-state index contributed by atoms with van der Waals surface area (Å²) in [5.41, 5.74) is 1.62. The number of hydrogen-bond acceptors (Lipinski definition) is 5. The van der Waals surface area contributed by atoms with Crippen LogP contribution in [0.15, 0.2) is 48.5 Å². The monoisotopic (exact) mass is 364 g/mol. The van der Waals surface area contributed by atoms with Gasteiger partial charge in [-0.1, -0.05) is 30.3 Å². The van der Waals surface area contributed by atoms with Crippen LogP contribution in [-0.4, -0.2) is 34.8 Å². The van der Waals surface area contributed by atoms with Crippen molar-refractivity contribution >= 4 is 33.4 Å². The number of thiazole rings is 1. The molecule has 1 saturated heterocycles. The van der Waals surface area contributed by atoms with Crippen LogP contribution in [0.4, 0.5) is 0 Å². The number of esters is 1. The highest BCUT2D eigenvalue weighted by atomic mass is 32.1. The average Bonchev–Trinajstić information content (AvgIpc) is 3.22. The largest absolute Gasteiger partial charge is 0.449 e. The van der Waals surface area contributed by atoms with E-state index in [4.69, 9.17) is 4.74 Å². The van der Waals surface area contributed by atoms with Crippen LogP contribution in [0.1, 0.15) is 38.6 Å². The number of carbonyl (C=O) groups is 2. The molecule has 0 aliphatic carbocycles. The van der Waals surface area contributed by atoms with E-state index >= 15 is 0 Å². The number of fused-ring (bicyclic) bond motifs is 3. The summed E-state index contributed by atoms with van der Waals surface area (Å²) < 4.78 is 6.79. The number of hydrogen-bond donors (Lipinski definition) is 0. The first kappa shape index (κ1) is 15.5. The zero-order valence-corrected chi connectivity index (χ0v) is 14.8. The van der Waals surface area contributed by atoms with Crippen LogP contribution >= 0.6 is 11.3 Å². The molecule has 1 fully saturated rings.